The second-order valence-corrected chi connectivity index (χ2v) is 5.13. The fourth-order valence-corrected chi connectivity index (χ4v) is 2.50. The fourth-order valence-electron chi connectivity index (χ4n) is 2.50. The Hall–Kier alpha value is -1.53. The number of hydrogen-bond acceptors (Lipinski definition) is 4. The Morgan fingerprint density at radius 3 is 2.42 bits per heavy atom. The van der Waals surface area contributed by atoms with Crippen molar-refractivity contribution in [3.63, 3.8) is 0 Å². The normalized spacial score (nSPS) is 24.1. The first-order valence-electron chi connectivity index (χ1n) is 6.13. The average molecular weight is 268 g/mol. The predicted octanol–water partition coefficient (Wildman–Crippen LogP) is 1.30. The maximum Gasteiger partial charge on any atom is 0.357 e. The Morgan fingerprint density at radius 2 is 1.89 bits per heavy atom. The van der Waals surface area contributed by atoms with Gasteiger partial charge in [0.05, 0.1) is 17.5 Å². The number of carbonyl (C=O) groups is 1. The molecule has 2 saturated heterocycles. The van der Waals surface area contributed by atoms with Crippen molar-refractivity contribution in [2.24, 2.45) is 5.41 Å². The molecule has 0 amide bonds. The van der Waals surface area contributed by atoms with E-state index in [9.17, 15) is 13.6 Å². The van der Waals surface area contributed by atoms with Crippen LogP contribution < -0.4 is 5.32 Å². The van der Waals surface area contributed by atoms with Gasteiger partial charge in [-0.25, -0.2) is 13.6 Å². The molecule has 2 heterocycles. The summed E-state index contributed by atoms with van der Waals surface area (Å²) < 4.78 is 27.7. The van der Waals surface area contributed by atoms with Crippen molar-refractivity contribution in [2.45, 2.75) is 5.92 Å². The number of alkyl halides is 2. The minimum absolute atomic E-state index is 0.0750. The highest BCUT2D eigenvalue weighted by molar-refractivity contribution is 5.89. The molecule has 19 heavy (non-hydrogen) atoms. The summed E-state index contributed by atoms with van der Waals surface area (Å²) >= 11 is 0. The summed E-state index contributed by atoms with van der Waals surface area (Å²) in [5.41, 5.74) is -0.720. The molecular weight excluding hydrogens is 254 g/mol. The number of benzene rings is 1. The zero-order chi connectivity index (χ0) is 13.5. The highest BCUT2D eigenvalue weighted by atomic mass is 19.3. The lowest BCUT2D eigenvalue weighted by Gasteiger charge is -2.42. The topological polar surface area (TPSA) is 41.6 Å². The Balaban J connectivity index is 1.68. The van der Waals surface area contributed by atoms with Gasteiger partial charge >= 0.3 is 5.97 Å². The van der Waals surface area contributed by atoms with Crippen LogP contribution in [0.1, 0.15) is 10.4 Å². The van der Waals surface area contributed by atoms with E-state index >= 15 is 0 Å². The number of halogens is 2. The van der Waals surface area contributed by atoms with Gasteiger partial charge in [-0.3, -0.25) is 0 Å². The minimum Gasteiger partial charge on any atom is -0.364 e. The molecule has 0 atom stereocenters. The number of hydrogen-bond donors (Lipinski definition) is 1. The Bertz CT molecular complexity index is 489. The number of nitrogens with zero attached hydrogens (tertiary/aromatic N) is 1. The fraction of sp³-hybridized carbons (Fsp3) is 0.462. The van der Waals surface area contributed by atoms with Gasteiger partial charge in [0.1, 0.15) is 0 Å². The van der Waals surface area contributed by atoms with Crippen LogP contribution in [-0.4, -0.2) is 43.1 Å². The summed E-state index contributed by atoms with van der Waals surface area (Å²) in [5.74, 6) is -3.42. The lowest BCUT2D eigenvalue weighted by atomic mass is 9.78. The third kappa shape index (κ3) is 2.01. The zero-order valence-electron chi connectivity index (χ0n) is 10.2. The molecule has 2 aliphatic heterocycles. The van der Waals surface area contributed by atoms with E-state index in [-0.39, 0.29) is 19.6 Å². The Morgan fingerprint density at radius 1 is 1.21 bits per heavy atom. The third-order valence-corrected chi connectivity index (χ3v) is 3.78. The molecular formula is C13H14F2N2O2. The van der Waals surface area contributed by atoms with Gasteiger partial charge in [0.25, 0.3) is 5.92 Å². The molecule has 6 heteroatoms. The lowest BCUT2D eigenvalue weighted by Crippen LogP contribution is -2.62. The summed E-state index contributed by atoms with van der Waals surface area (Å²) in [6, 6.07) is 8.36. The van der Waals surface area contributed by atoms with Gasteiger partial charge in [-0.1, -0.05) is 18.2 Å². The summed E-state index contributed by atoms with van der Waals surface area (Å²) in [4.78, 5) is 16.9. The van der Waals surface area contributed by atoms with E-state index in [0.29, 0.717) is 5.56 Å². The second kappa shape index (κ2) is 4.25. The molecule has 1 N–H and O–H groups in total. The van der Waals surface area contributed by atoms with E-state index < -0.39 is 23.9 Å². The molecule has 0 aliphatic carbocycles. The molecule has 4 nitrogen and oxygen atoms in total. The van der Waals surface area contributed by atoms with Gasteiger partial charge in [0, 0.05) is 19.6 Å². The van der Waals surface area contributed by atoms with Crippen LogP contribution in [-0.2, 0) is 4.84 Å². The molecule has 102 valence electrons. The second-order valence-electron chi connectivity index (χ2n) is 5.13. The summed E-state index contributed by atoms with van der Waals surface area (Å²) in [6.45, 7) is 0.0671. The van der Waals surface area contributed by atoms with Crippen LogP contribution in [0.25, 0.3) is 0 Å². The number of hydroxylamine groups is 2. The van der Waals surface area contributed by atoms with Crippen molar-refractivity contribution in [3.8, 4) is 0 Å². The largest absolute Gasteiger partial charge is 0.364 e. The number of carbonyl (C=O) groups excluding carboxylic acids is 1. The van der Waals surface area contributed by atoms with Crippen LogP contribution >= 0.6 is 0 Å². The Kier molecular flexibility index (Phi) is 2.79. The molecule has 0 unspecified atom stereocenters. The van der Waals surface area contributed by atoms with Gasteiger partial charge in [-0.05, 0) is 12.1 Å². The van der Waals surface area contributed by atoms with E-state index in [1.165, 1.54) is 0 Å². The SMILES string of the molecule is O=C(ON1CC(F)(F)C2(CNC2)C1)c1ccccc1. The molecule has 1 aromatic carbocycles. The van der Waals surface area contributed by atoms with Crippen LogP contribution in [0.5, 0.6) is 0 Å². The molecule has 0 bridgehead atoms. The van der Waals surface area contributed by atoms with Gasteiger partial charge in [0.2, 0.25) is 0 Å². The first kappa shape index (κ1) is 12.5. The van der Waals surface area contributed by atoms with Crippen molar-refractivity contribution in [3.05, 3.63) is 35.9 Å². The van der Waals surface area contributed by atoms with Crippen LogP contribution in [0, 0.1) is 5.41 Å². The van der Waals surface area contributed by atoms with Gasteiger partial charge in [-0.15, -0.1) is 5.06 Å². The molecule has 0 saturated carbocycles. The minimum atomic E-state index is -2.82. The number of nitrogens with one attached hydrogen (secondary N) is 1. The van der Waals surface area contributed by atoms with Crippen LogP contribution in [0.2, 0.25) is 0 Å². The van der Waals surface area contributed by atoms with Crippen molar-refractivity contribution < 1.29 is 18.4 Å². The highest BCUT2D eigenvalue weighted by Gasteiger charge is 2.64. The monoisotopic (exact) mass is 268 g/mol. The van der Waals surface area contributed by atoms with E-state index in [0.717, 1.165) is 5.06 Å². The summed E-state index contributed by atoms with van der Waals surface area (Å²) in [6.07, 6.45) is 0. The first-order valence-corrected chi connectivity index (χ1v) is 6.13. The lowest BCUT2D eigenvalue weighted by molar-refractivity contribution is -0.121. The van der Waals surface area contributed by atoms with E-state index in [1.807, 2.05) is 0 Å². The maximum atomic E-state index is 13.9. The van der Waals surface area contributed by atoms with Crippen LogP contribution in [0.15, 0.2) is 30.3 Å². The maximum absolute atomic E-state index is 13.9. The molecule has 0 radical (unpaired) electrons. The Labute approximate surface area is 109 Å². The molecule has 3 rings (SSSR count). The van der Waals surface area contributed by atoms with Crippen molar-refractivity contribution in [2.75, 3.05) is 26.2 Å². The molecule has 1 spiro atoms. The van der Waals surface area contributed by atoms with E-state index in [1.54, 1.807) is 30.3 Å². The van der Waals surface area contributed by atoms with E-state index in [4.69, 9.17) is 4.84 Å². The van der Waals surface area contributed by atoms with Gasteiger partial charge < -0.3 is 10.2 Å². The number of rotatable bonds is 2. The third-order valence-electron chi connectivity index (χ3n) is 3.78. The predicted molar refractivity (Wildman–Crippen MR) is 63.7 cm³/mol. The standard InChI is InChI=1S/C13H14F2N2O2/c14-13(15)9-17(8-12(13)6-16-7-12)19-11(18)10-4-2-1-3-5-10/h1-5,16H,6-9H2. The van der Waals surface area contributed by atoms with Crippen molar-refractivity contribution in [1.82, 2.24) is 10.4 Å². The molecule has 0 aromatic heterocycles. The van der Waals surface area contributed by atoms with Crippen molar-refractivity contribution >= 4 is 5.97 Å². The molecule has 1 aromatic rings. The van der Waals surface area contributed by atoms with Gasteiger partial charge in [-0.2, -0.15) is 0 Å². The average Bonchev–Trinajstić information content (AvgIpc) is 2.61. The quantitative estimate of drug-likeness (QED) is 0.878. The van der Waals surface area contributed by atoms with Crippen LogP contribution in [0.3, 0.4) is 0 Å². The van der Waals surface area contributed by atoms with E-state index in [2.05, 4.69) is 5.32 Å². The zero-order valence-corrected chi connectivity index (χ0v) is 10.2. The van der Waals surface area contributed by atoms with Crippen molar-refractivity contribution in [1.29, 1.82) is 0 Å². The first-order chi connectivity index (χ1) is 9.02. The van der Waals surface area contributed by atoms with Gasteiger partial charge in [0.15, 0.2) is 0 Å². The summed E-state index contributed by atoms with van der Waals surface area (Å²) in [7, 11) is 0. The van der Waals surface area contributed by atoms with Crippen LogP contribution in [0.4, 0.5) is 8.78 Å². The summed E-state index contributed by atoms with van der Waals surface area (Å²) in [5, 5.41) is 3.94. The molecule has 2 aliphatic rings. The molecule has 2 fully saturated rings. The smallest absolute Gasteiger partial charge is 0.357 e. The highest BCUT2D eigenvalue weighted by Crippen LogP contribution is 2.46.